The molecule has 50 heavy (non-hydrogen) atoms. The highest BCUT2D eigenvalue weighted by Crippen LogP contribution is 2.16. The van der Waals surface area contributed by atoms with Gasteiger partial charge in [-0.15, -0.1) is 0 Å². The molecule has 0 fully saturated rings. The summed E-state index contributed by atoms with van der Waals surface area (Å²) in [6.45, 7) is 9.95. The summed E-state index contributed by atoms with van der Waals surface area (Å²) in [6, 6.07) is 7.64. The number of pyridine rings is 1. The van der Waals surface area contributed by atoms with Gasteiger partial charge in [-0.3, -0.25) is 14.6 Å². The third kappa shape index (κ3) is 14.4. The van der Waals surface area contributed by atoms with Crippen LogP contribution in [-0.2, 0) is 25.5 Å². The van der Waals surface area contributed by atoms with Crippen molar-refractivity contribution in [3.63, 3.8) is 0 Å². The Labute approximate surface area is 287 Å². The molecule has 16 heteroatoms. The van der Waals surface area contributed by atoms with E-state index in [9.17, 15) is 42.3 Å². The zero-order chi connectivity index (χ0) is 37.8. The molecule has 0 aliphatic heterocycles. The lowest BCUT2D eigenvalue weighted by Crippen LogP contribution is -2.53. The number of aliphatic carboxylic acids is 1. The van der Waals surface area contributed by atoms with E-state index < -0.39 is 77.1 Å². The number of ether oxygens (including phenoxy) is 2. The fourth-order valence-electron chi connectivity index (χ4n) is 4.17. The highest BCUT2D eigenvalue weighted by molar-refractivity contribution is 5.96. The second-order valence-electron chi connectivity index (χ2n) is 13.0. The number of para-hydroxylation sites is 1. The summed E-state index contributed by atoms with van der Waals surface area (Å²) in [6.07, 6.45) is -0.550. The number of aromatic nitrogens is 1. The maximum Gasteiger partial charge on any atom is 0.408 e. The number of fused-ring (bicyclic) bond motifs is 1. The summed E-state index contributed by atoms with van der Waals surface area (Å²) in [4.78, 5) is 63.6. The molecule has 3 rings (SSSR count). The number of amides is 4. The Morgan fingerprint density at radius 3 is 2.00 bits per heavy atom. The number of hydrogen-bond donors (Lipinski definition) is 5. The minimum atomic E-state index is -1.71. The van der Waals surface area contributed by atoms with E-state index in [-0.39, 0.29) is 24.9 Å². The summed E-state index contributed by atoms with van der Waals surface area (Å²) < 4.78 is 50.5. The normalized spacial score (nSPS) is 12.4. The molecule has 0 saturated carbocycles. The topological polar surface area (TPSA) is 199 Å². The first-order valence-corrected chi connectivity index (χ1v) is 15.4. The lowest BCUT2D eigenvalue weighted by Gasteiger charge is -2.25. The first kappa shape index (κ1) is 40.8. The van der Waals surface area contributed by atoms with Crippen LogP contribution in [0.3, 0.4) is 0 Å². The van der Waals surface area contributed by atoms with Gasteiger partial charge >= 0.3 is 18.2 Å². The third-order valence-corrected chi connectivity index (χ3v) is 6.32. The van der Waals surface area contributed by atoms with Gasteiger partial charge in [0.25, 0.3) is 0 Å². The lowest BCUT2D eigenvalue weighted by atomic mass is 10.0. The molecule has 272 valence electrons. The number of hydrogen-bond acceptors (Lipinski definition) is 8. The number of benzene rings is 2. The molecule has 3 aromatic rings. The number of nitrogens with zero attached hydrogens (tertiary/aromatic N) is 1. The highest BCUT2D eigenvalue weighted by Gasteiger charge is 2.29. The van der Waals surface area contributed by atoms with Gasteiger partial charge < -0.3 is 36.3 Å². The number of alkyl carbamates (subject to hydrolysis) is 2. The molecule has 1 aromatic heterocycles. The predicted octanol–water partition coefficient (Wildman–Crippen LogP) is 4.75. The van der Waals surface area contributed by atoms with Crippen LogP contribution in [0.5, 0.6) is 0 Å². The monoisotopic (exact) mass is 705 g/mol. The Kier molecular flexibility index (Phi) is 14.5. The van der Waals surface area contributed by atoms with Crippen LogP contribution in [0, 0.1) is 17.5 Å². The molecule has 0 aliphatic rings. The van der Waals surface area contributed by atoms with E-state index in [1.165, 1.54) is 6.20 Å². The minimum absolute atomic E-state index is 0.0347. The highest BCUT2D eigenvalue weighted by atomic mass is 19.2. The van der Waals surface area contributed by atoms with Crippen molar-refractivity contribution in [3.8, 4) is 0 Å². The number of rotatable bonds is 11. The molecule has 1 heterocycles. The fraction of sp³-hybridized carbons (Fsp3) is 0.412. The predicted molar refractivity (Wildman–Crippen MR) is 176 cm³/mol. The SMILES string of the molecule is CC(C)(C)OC(=O)NCCC[C@H](NC(=O)OC(C)(C)C)C(=O)N[C@H](Cc1cc(F)c(F)c(F)c1)C(=O)O.NC(=O)c1cnc2ccccc2c1. The van der Waals surface area contributed by atoms with E-state index >= 15 is 0 Å². The van der Waals surface area contributed by atoms with Crippen molar-refractivity contribution in [3.05, 3.63) is 77.2 Å². The van der Waals surface area contributed by atoms with Gasteiger partial charge in [0, 0.05) is 24.5 Å². The second-order valence-corrected chi connectivity index (χ2v) is 13.0. The van der Waals surface area contributed by atoms with Crippen molar-refractivity contribution in [2.75, 3.05) is 6.54 Å². The average molecular weight is 706 g/mol. The maximum atomic E-state index is 13.5. The zero-order valence-electron chi connectivity index (χ0n) is 28.6. The van der Waals surface area contributed by atoms with Gasteiger partial charge in [0.1, 0.15) is 23.3 Å². The molecule has 6 N–H and O–H groups in total. The summed E-state index contributed by atoms with van der Waals surface area (Å²) in [5.41, 5.74) is 4.63. The van der Waals surface area contributed by atoms with Crippen LogP contribution in [0.25, 0.3) is 10.9 Å². The van der Waals surface area contributed by atoms with Gasteiger partial charge in [-0.1, -0.05) is 18.2 Å². The molecule has 0 saturated heterocycles. The number of carboxylic acid groups (broad SMARTS) is 1. The fourth-order valence-corrected chi connectivity index (χ4v) is 4.17. The quantitative estimate of drug-likeness (QED) is 0.138. The van der Waals surface area contributed by atoms with Gasteiger partial charge in [0.2, 0.25) is 11.8 Å². The molecule has 2 aromatic carbocycles. The summed E-state index contributed by atoms with van der Waals surface area (Å²) in [5, 5.41) is 17.5. The van der Waals surface area contributed by atoms with Crippen molar-refractivity contribution in [2.45, 2.75) is 84.1 Å². The van der Waals surface area contributed by atoms with Crippen LogP contribution < -0.4 is 21.7 Å². The van der Waals surface area contributed by atoms with E-state index in [2.05, 4.69) is 20.9 Å². The van der Waals surface area contributed by atoms with Crippen LogP contribution in [0.4, 0.5) is 22.8 Å². The Balaban J connectivity index is 0.000000548. The minimum Gasteiger partial charge on any atom is -0.480 e. The molecule has 4 amide bonds. The van der Waals surface area contributed by atoms with Crippen molar-refractivity contribution in [1.29, 1.82) is 0 Å². The van der Waals surface area contributed by atoms with Gasteiger partial charge in [-0.05, 0) is 84.2 Å². The molecule has 13 nitrogen and oxygen atoms in total. The third-order valence-electron chi connectivity index (χ3n) is 6.32. The number of carboxylic acids is 1. The van der Waals surface area contributed by atoms with E-state index in [0.717, 1.165) is 10.9 Å². The number of carbonyl (C=O) groups excluding carboxylic acids is 4. The summed E-state index contributed by atoms with van der Waals surface area (Å²) in [5.74, 6) is -7.61. The Hall–Kier alpha value is -5.41. The molecular formula is C34H42F3N5O8. The molecular weight excluding hydrogens is 663 g/mol. The molecule has 0 aliphatic carbocycles. The Morgan fingerprint density at radius 2 is 1.44 bits per heavy atom. The van der Waals surface area contributed by atoms with Gasteiger partial charge in [-0.2, -0.15) is 0 Å². The summed E-state index contributed by atoms with van der Waals surface area (Å²) >= 11 is 0. The van der Waals surface area contributed by atoms with Crippen molar-refractivity contribution in [2.24, 2.45) is 5.73 Å². The summed E-state index contributed by atoms with van der Waals surface area (Å²) in [7, 11) is 0. The van der Waals surface area contributed by atoms with E-state index in [1.54, 1.807) is 47.6 Å². The number of carbonyl (C=O) groups is 5. The van der Waals surface area contributed by atoms with E-state index in [4.69, 9.17) is 15.2 Å². The average Bonchev–Trinajstić information content (AvgIpc) is 2.99. The number of nitrogens with one attached hydrogen (secondary N) is 3. The smallest absolute Gasteiger partial charge is 0.408 e. The van der Waals surface area contributed by atoms with E-state index in [1.807, 2.05) is 24.3 Å². The van der Waals surface area contributed by atoms with Gasteiger partial charge in [-0.25, -0.2) is 27.6 Å². The first-order valence-electron chi connectivity index (χ1n) is 15.4. The first-order chi connectivity index (χ1) is 23.1. The van der Waals surface area contributed by atoms with Crippen LogP contribution in [-0.4, -0.2) is 69.9 Å². The molecule has 0 radical (unpaired) electrons. The van der Waals surface area contributed by atoms with Crippen molar-refractivity contribution < 1.29 is 51.7 Å². The van der Waals surface area contributed by atoms with Crippen LogP contribution in [0.2, 0.25) is 0 Å². The van der Waals surface area contributed by atoms with Gasteiger partial charge in [0.15, 0.2) is 17.5 Å². The van der Waals surface area contributed by atoms with Crippen LogP contribution in [0.15, 0.2) is 48.7 Å². The molecule has 0 spiro atoms. The second kappa shape index (κ2) is 17.8. The lowest BCUT2D eigenvalue weighted by molar-refractivity contribution is -0.142. The number of halogens is 3. The van der Waals surface area contributed by atoms with E-state index in [0.29, 0.717) is 17.7 Å². The molecule has 2 atom stereocenters. The standard InChI is InChI=1S/C24H34F3N3O7.C10H8N2O/c1-23(2,3)36-21(34)28-9-7-8-16(30-22(35)37-24(4,5)6)19(31)29-17(20(32)33)12-13-10-14(25)18(27)15(26)11-13;11-10(13)8-5-7-3-1-2-4-9(7)12-6-8/h10-11,16-17H,7-9,12H2,1-6H3,(H,28,34)(H,29,31)(H,30,35)(H,32,33);1-6H,(H2,11,13)/t16-,17+;/m0./s1. The zero-order valence-corrected chi connectivity index (χ0v) is 28.6. The molecule has 0 bridgehead atoms. The largest absolute Gasteiger partial charge is 0.480 e. The van der Waals surface area contributed by atoms with Crippen molar-refractivity contribution >= 4 is 40.9 Å². The number of nitrogens with two attached hydrogens (primary N) is 1. The Bertz CT molecular complexity index is 1670. The van der Waals surface area contributed by atoms with Crippen LogP contribution in [0.1, 0.15) is 70.3 Å². The van der Waals surface area contributed by atoms with Gasteiger partial charge in [0.05, 0.1) is 11.1 Å². The van der Waals surface area contributed by atoms with Crippen LogP contribution >= 0.6 is 0 Å². The number of primary amides is 1. The Morgan fingerprint density at radius 1 is 0.860 bits per heavy atom. The van der Waals surface area contributed by atoms with Crippen molar-refractivity contribution in [1.82, 2.24) is 20.9 Å². The maximum absolute atomic E-state index is 13.5. The molecule has 0 unspecified atom stereocenters.